The number of hydrogen-bond acceptors (Lipinski definition) is 5. The number of nitrogens with zero attached hydrogens (tertiary/aromatic N) is 2. The Balaban J connectivity index is 1.81. The van der Waals surface area contributed by atoms with Gasteiger partial charge in [-0.3, -0.25) is 9.69 Å². The molecule has 1 N–H and O–H groups in total. The quantitative estimate of drug-likeness (QED) is 0.327. The number of phenolic OH excluding ortho intramolecular Hbond substituents is 1. The van der Waals surface area contributed by atoms with E-state index in [4.69, 9.17) is 44.5 Å². The van der Waals surface area contributed by atoms with Gasteiger partial charge in [-0.1, -0.05) is 46.9 Å². The number of carbonyl (C=O) groups is 1. The van der Waals surface area contributed by atoms with Crippen LogP contribution in [0.15, 0.2) is 58.4 Å². The normalized spacial score (nSPS) is 15.9. The van der Waals surface area contributed by atoms with E-state index in [1.165, 1.54) is 16.7 Å². The molecule has 9 heteroatoms. The van der Waals surface area contributed by atoms with E-state index in [0.29, 0.717) is 43.7 Å². The average Bonchev–Trinajstić information content (AvgIpc) is 3.10. The largest absolute Gasteiger partial charge is 0.503 e. The number of amidine groups is 1. The zero-order valence-electron chi connectivity index (χ0n) is 19.1. The molecule has 0 bridgehead atoms. The number of thioether (sulfide) groups is 1. The van der Waals surface area contributed by atoms with Crippen LogP contribution >= 0.6 is 46.6 Å². The summed E-state index contributed by atoms with van der Waals surface area (Å²) in [7, 11) is 0. The highest BCUT2D eigenvalue weighted by Gasteiger charge is 2.35. The summed E-state index contributed by atoms with van der Waals surface area (Å²) in [5, 5.41) is 11.9. The first kappa shape index (κ1) is 25.5. The fourth-order valence-corrected chi connectivity index (χ4v) is 4.92. The monoisotopic (exact) mass is 546 g/mol. The van der Waals surface area contributed by atoms with E-state index in [-0.39, 0.29) is 22.4 Å². The maximum Gasteiger partial charge on any atom is 0.271 e. The van der Waals surface area contributed by atoms with Crippen LogP contribution in [0.3, 0.4) is 0 Å². The molecule has 0 aromatic heterocycles. The highest BCUT2D eigenvalue weighted by atomic mass is 35.5. The lowest BCUT2D eigenvalue weighted by Crippen LogP contribution is -2.28. The van der Waals surface area contributed by atoms with Crippen LogP contribution in [0.4, 0.5) is 11.4 Å². The third kappa shape index (κ3) is 5.46. The second kappa shape index (κ2) is 10.5. The first-order valence-corrected chi connectivity index (χ1v) is 12.6. The molecule has 0 saturated carbocycles. The van der Waals surface area contributed by atoms with Crippen molar-refractivity contribution in [2.45, 2.75) is 20.8 Å². The standard InChI is InChI=1S/C26H21Cl3N2O3S/c1-4-34-22-10-16(9-21(29)24(22)32)11-23-25(33)31(18-8-6-15(3)20(28)13-18)26(35-23)30-17-7-5-14(2)19(27)12-17/h5-13,32H,4H2,1-3H3/b23-11+,30-26?. The zero-order valence-corrected chi connectivity index (χ0v) is 22.2. The number of aromatic hydroxyl groups is 1. The molecule has 5 nitrogen and oxygen atoms in total. The van der Waals surface area contributed by atoms with Crippen LogP contribution in [0.25, 0.3) is 6.08 Å². The molecule has 1 fully saturated rings. The minimum absolute atomic E-state index is 0.128. The predicted molar refractivity (Wildman–Crippen MR) is 147 cm³/mol. The molecule has 0 unspecified atom stereocenters. The van der Waals surface area contributed by atoms with Crippen molar-refractivity contribution < 1.29 is 14.6 Å². The van der Waals surface area contributed by atoms with Crippen LogP contribution in [0.5, 0.6) is 11.5 Å². The van der Waals surface area contributed by atoms with Crippen molar-refractivity contribution in [3.63, 3.8) is 0 Å². The van der Waals surface area contributed by atoms with Gasteiger partial charge in [-0.2, -0.15) is 0 Å². The molecular weight excluding hydrogens is 527 g/mol. The van der Waals surface area contributed by atoms with Gasteiger partial charge in [0.25, 0.3) is 5.91 Å². The fraction of sp³-hybridized carbons (Fsp3) is 0.154. The Morgan fingerprint density at radius 1 is 1.00 bits per heavy atom. The van der Waals surface area contributed by atoms with Crippen molar-refractivity contribution in [3.8, 4) is 11.5 Å². The fourth-order valence-electron chi connectivity index (χ4n) is 3.35. The van der Waals surface area contributed by atoms with Crippen LogP contribution in [0.1, 0.15) is 23.6 Å². The van der Waals surface area contributed by atoms with Gasteiger partial charge >= 0.3 is 0 Å². The van der Waals surface area contributed by atoms with Gasteiger partial charge in [-0.05, 0) is 91.7 Å². The van der Waals surface area contributed by atoms with Gasteiger partial charge in [0.2, 0.25) is 0 Å². The Hall–Kier alpha value is -2.64. The first-order chi connectivity index (χ1) is 16.7. The Bertz CT molecular complexity index is 1390. The van der Waals surface area contributed by atoms with Crippen LogP contribution < -0.4 is 9.64 Å². The number of anilines is 1. The maximum atomic E-state index is 13.6. The van der Waals surface area contributed by atoms with Gasteiger partial charge in [0.05, 0.1) is 27.9 Å². The lowest BCUT2D eigenvalue weighted by Gasteiger charge is -2.16. The Morgan fingerprint density at radius 3 is 2.34 bits per heavy atom. The number of phenols is 1. The van der Waals surface area contributed by atoms with Crippen LogP contribution in [-0.2, 0) is 4.79 Å². The van der Waals surface area contributed by atoms with E-state index in [2.05, 4.69) is 0 Å². The molecule has 4 rings (SSSR count). The van der Waals surface area contributed by atoms with Crippen molar-refractivity contribution in [3.05, 3.63) is 85.2 Å². The summed E-state index contributed by atoms with van der Waals surface area (Å²) < 4.78 is 5.47. The maximum absolute atomic E-state index is 13.6. The Kier molecular flexibility index (Phi) is 7.67. The molecule has 1 heterocycles. The number of benzene rings is 3. The Labute approximate surface area is 223 Å². The number of aryl methyl sites for hydroxylation is 2. The molecule has 1 aliphatic rings. The van der Waals surface area contributed by atoms with Gasteiger partial charge in [-0.25, -0.2) is 4.99 Å². The smallest absolute Gasteiger partial charge is 0.271 e. The van der Waals surface area contributed by atoms with E-state index in [0.717, 1.165) is 11.1 Å². The number of rotatable bonds is 5. The summed E-state index contributed by atoms with van der Waals surface area (Å²) in [4.78, 5) is 20.2. The number of halogens is 3. The van der Waals surface area contributed by atoms with Crippen LogP contribution in [-0.4, -0.2) is 22.8 Å². The van der Waals surface area contributed by atoms with Gasteiger partial charge < -0.3 is 9.84 Å². The SMILES string of the molecule is CCOc1cc(/C=C2/SC(=Nc3ccc(C)c(Cl)c3)N(c3ccc(C)c(Cl)c3)C2=O)cc(Cl)c1O. The third-order valence-electron chi connectivity index (χ3n) is 5.25. The molecular formula is C26H21Cl3N2O3S. The molecule has 3 aromatic rings. The zero-order chi connectivity index (χ0) is 25.3. The van der Waals surface area contributed by atoms with Crippen molar-refractivity contribution in [1.82, 2.24) is 0 Å². The van der Waals surface area contributed by atoms with Crippen molar-refractivity contribution in [1.29, 1.82) is 0 Å². The summed E-state index contributed by atoms with van der Waals surface area (Å²) in [6, 6.07) is 14.1. The molecule has 35 heavy (non-hydrogen) atoms. The van der Waals surface area contributed by atoms with Gasteiger partial charge in [0, 0.05) is 10.0 Å². The summed E-state index contributed by atoms with van der Waals surface area (Å²) in [6.07, 6.45) is 1.69. The average molecular weight is 548 g/mol. The molecule has 1 amide bonds. The van der Waals surface area contributed by atoms with Crippen molar-refractivity contribution >= 4 is 75.1 Å². The lowest BCUT2D eigenvalue weighted by atomic mass is 10.1. The molecule has 0 aliphatic carbocycles. The number of hydrogen-bond donors (Lipinski definition) is 1. The molecule has 1 saturated heterocycles. The van der Waals surface area contributed by atoms with E-state index in [1.807, 2.05) is 38.1 Å². The highest BCUT2D eigenvalue weighted by molar-refractivity contribution is 8.19. The van der Waals surface area contributed by atoms with Crippen LogP contribution in [0.2, 0.25) is 15.1 Å². The topological polar surface area (TPSA) is 62.1 Å². The predicted octanol–water partition coefficient (Wildman–Crippen LogP) is 8.18. The molecule has 180 valence electrons. The summed E-state index contributed by atoms with van der Waals surface area (Å²) in [6.45, 7) is 5.97. The van der Waals surface area contributed by atoms with Gasteiger partial charge in [0.1, 0.15) is 0 Å². The molecule has 0 spiro atoms. The van der Waals surface area contributed by atoms with Crippen molar-refractivity contribution in [2.75, 3.05) is 11.5 Å². The third-order valence-corrected chi connectivity index (χ3v) is 7.32. The van der Waals surface area contributed by atoms with Crippen LogP contribution in [0, 0.1) is 13.8 Å². The summed E-state index contributed by atoms with van der Waals surface area (Å²) >= 11 is 20.1. The number of aliphatic imine (C=N–C) groups is 1. The second-order valence-corrected chi connectivity index (χ2v) is 10.0. The number of carbonyl (C=O) groups excluding carboxylic acids is 1. The summed E-state index contributed by atoms with van der Waals surface area (Å²) in [5.41, 5.74) is 3.65. The minimum atomic E-state index is -0.269. The first-order valence-electron chi connectivity index (χ1n) is 10.7. The van der Waals surface area contributed by atoms with Gasteiger partial charge in [0.15, 0.2) is 16.7 Å². The second-order valence-electron chi connectivity index (χ2n) is 7.80. The Morgan fingerprint density at radius 2 is 1.69 bits per heavy atom. The molecule has 0 atom stereocenters. The number of amides is 1. The lowest BCUT2D eigenvalue weighted by molar-refractivity contribution is -0.113. The van der Waals surface area contributed by atoms with E-state index >= 15 is 0 Å². The van der Waals surface area contributed by atoms with E-state index < -0.39 is 0 Å². The summed E-state index contributed by atoms with van der Waals surface area (Å²) in [5.74, 6) is -0.169. The number of ether oxygens (including phenoxy) is 1. The molecule has 0 radical (unpaired) electrons. The van der Waals surface area contributed by atoms with E-state index in [1.54, 1.807) is 37.3 Å². The molecule has 1 aliphatic heterocycles. The van der Waals surface area contributed by atoms with Crippen molar-refractivity contribution in [2.24, 2.45) is 4.99 Å². The minimum Gasteiger partial charge on any atom is -0.503 e. The van der Waals surface area contributed by atoms with E-state index in [9.17, 15) is 9.90 Å². The molecule has 3 aromatic carbocycles. The highest BCUT2D eigenvalue weighted by Crippen LogP contribution is 2.41. The van der Waals surface area contributed by atoms with Gasteiger partial charge in [-0.15, -0.1) is 0 Å².